The van der Waals surface area contributed by atoms with Crippen molar-refractivity contribution in [1.82, 2.24) is 10.2 Å². The van der Waals surface area contributed by atoms with Crippen molar-refractivity contribution in [3.63, 3.8) is 0 Å². The molecule has 0 amide bonds. The number of piperazine rings is 1. The van der Waals surface area contributed by atoms with Crippen LogP contribution >= 0.6 is 0 Å². The van der Waals surface area contributed by atoms with Crippen LogP contribution in [0.2, 0.25) is 0 Å². The van der Waals surface area contributed by atoms with Crippen molar-refractivity contribution in [2.75, 3.05) is 26.2 Å². The largest absolute Gasteiger partial charge is 0.508 e. The zero-order valence-corrected chi connectivity index (χ0v) is 11.9. The molecule has 2 N–H and O–H groups in total. The normalized spacial score (nSPS) is 18.5. The molecule has 118 valence electrons. The van der Waals surface area contributed by atoms with Crippen LogP contribution in [0.3, 0.4) is 0 Å². The summed E-state index contributed by atoms with van der Waals surface area (Å²) in [5, 5.41) is 13.9. The lowest BCUT2D eigenvalue weighted by Gasteiger charge is -2.36. The van der Waals surface area contributed by atoms with E-state index in [1.807, 2.05) is 0 Å². The van der Waals surface area contributed by atoms with Crippen molar-refractivity contribution in [2.24, 2.45) is 0 Å². The van der Waals surface area contributed by atoms with Gasteiger partial charge >= 0.3 is 6.18 Å². The molecule has 3 rings (SSSR count). The topological polar surface area (TPSA) is 35.5 Å². The number of phenolic OH excluding ortho intramolecular Hbond substituents is 1. The van der Waals surface area contributed by atoms with Crippen LogP contribution in [0.1, 0.15) is 11.6 Å². The molecule has 1 aliphatic rings. The lowest BCUT2D eigenvalue weighted by atomic mass is 9.99. The Kier molecular flexibility index (Phi) is 3.97. The molecule has 1 heterocycles. The molecule has 0 aliphatic carbocycles. The Morgan fingerprint density at radius 1 is 1.00 bits per heavy atom. The number of nitrogens with zero attached hydrogens (tertiary/aromatic N) is 1. The number of benzene rings is 2. The summed E-state index contributed by atoms with van der Waals surface area (Å²) >= 11 is 0. The van der Waals surface area contributed by atoms with Gasteiger partial charge in [0.1, 0.15) is 11.8 Å². The van der Waals surface area contributed by atoms with E-state index >= 15 is 0 Å². The van der Waals surface area contributed by atoms with Crippen LogP contribution in [0.4, 0.5) is 13.2 Å². The SMILES string of the molecule is Oc1ccc2cc([C@H](N3CCNCC3)C(F)(F)F)ccc2c1. The van der Waals surface area contributed by atoms with Gasteiger partial charge in [-0.3, -0.25) is 4.90 Å². The van der Waals surface area contributed by atoms with Crippen LogP contribution in [-0.4, -0.2) is 42.4 Å². The number of phenols is 1. The molecule has 0 saturated carbocycles. The Balaban J connectivity index is 2.01. The van der Waals surface area contributed by atoms with Gasteiger partial charge < -0.3 is 10.4 Å². The monoisotopic (exact) mass is 310 g/mol. The molecule has 1 atom stereocenters. The second-order valence-electron chi connectivity index (χ2n) is 5.52. The molecule has 0 unspecified atom stereocenters. The van der Waals surface area contributed by atoms with Gasteiger partial charge in [-0.05, 0) is 34.5 Å². The van der Waals surface area contributed by atoms with Crippen molar-refractivity contribution < 1.29 is 18.3 Å². The summed E-state index contributed by atoms with van der Waals surface area (Å²) in [7, 11) is 0. The van der Waals surface area contributed by atoms with E-state index in [0.717, 1.165) is 5.39 Å². The number of rotatable bonds is 2. The minimum absolute atomic E-state index is 0.106. The molecule has 22 heavy (non-hydrogen) atoms. The number of aromatic hydroxyl groups is 1. The summed E-state index contributed by atoms with van der Waals surface area (Å²) in [5.41, 5.74) is 0.243. The fourth-order valence-electron chi connectivity index (χ4n) is 2.97. The quantitative estimate of drug-likeness (QED) is 0.895. The Morgan fingerprint density at radius 2 is 1.64 bits per heavy atom. The van der Waals surface area contributed by atoms with E-state index in [0.29, 0.717) is 31.6 Å². The third-order valence-corrected chi connectivity index (χ3v) is 3.99. The van der Waals surface area contributed by atoms with E-state index in [9.17, 15) is 18.3 Å². The van der Waals surface area contributed by atoms with Crippen molar-refractivity contribution in [3.8, 4) is 5.75 Å². The average molecular weight is 310 g/mol. The first-order valence-corrected chi connectivity index (χ1v) is 7.19. The molecule has 0 aromatic heterocycles. The molecule has 2 aromatic carbocycles. The Hall–Kier alpha value is -1.79. The van der Waals surface area contributed by atoms with E-state index in [4.69, 9.17) is 0 Å². The number of halogens is 3. The predicted molar refractivity (Wildman–Crippen MR) is 78.9 cm³/mol. The molecule has 1 aliphatic heterocycles. The van der Waals surface area contributed by atoms with E-state index in [2.05, 4.69) is 5.32 Å². The first-order chi connectivity index (χ1) is 10.4. The van der Waals surface area contributed by atoms with Crippen LogP contribution in [-0.2, 0) is 0 Å². The number of fused-ring (bicyclic) bond motifs is 1. The Labute approximate surface area is 126 Å². The van der Waals surface area contributed by atoms with Gasteiger partial charge in [0, 0.05) is 26.2 Å². The van der Waals surface area contributed by atoms with Crippen LogP contribution in [0.15, 0.2) is 36.4 Å². The first-order valence-electron chi connectivity index (χ1n) is 7.19. The zero-order valence-electron chi connectivity index (χ0n) is 11.9. The van der Waals surface area contributed by atoms with Gasteiger partial charge in [-0.1, -0.05) is 18.2 Å². The smallest absolute Gasteiger partial charge is 0.408 e. The molecule has 0 radical (unpaired) electrons. The lowest BCUT2D eigenvalue weighted by molar-refractivity contribution is -0.187. The molecule has 2 aromatic rings. The number of alkyl halides is 3. The zero-order chi connectivity index (χ0) is 15.7. The van der Waals surface area contributed by atoms with E-state index in [-0.39, 0.29) is 11.3 Å². The second-order valence-corrected chi connectivity index (χ2v) is 5.52. The molecule has 0 bridgehead atoms. The van der Waals surface area contributed by atoms with Gasteiger partial charge in [-0.25, -0.2) is 0 Å². The summed E-state index contributed by atoms with van der Waals surface area (Å²) in [6.07, 6.45) is -4.32. The first kappa shape index (κ1) is 15.1. The van der Waals surface area contributed by atoms with Crippen molar-refractivity contribution in [3.05, 3.63) is 42.0 Å². The molecule has 0 spiro atoms. The highest BCUT2D eigenvalue weighted by molar-refractivity contribution is 5.84. The van der Waals surface area contributed by atoms with Gasteiger partial charge in [-0.15, -0.1) is 0 Å². The third kappa shape index (κ3) is 3.03. The van der Waals surface area contributed by atoms with Crippen molar-refractivity contribution in [2.45, 2.75) is 12.2 Å². The van der Waals surface area contributed by atoms with Crippen LogP contribution in [0, 0.1) is 0 Å². The fourth-order valence-corrected chi connectivity index (χ4v) is 2.97. The highest BCUT2D eigenvalue weighted by Gasteiger charge is 2.44. The van der Waals surface area contributed by atoms with Crippen LogP contribution in [0.5, 0.6) is 5.75 Å². The highest BCUT2D eigenvalue weighted by Crippen LogP contribution is 2.39. The molecule has 1 fully saturated rings. The van der Waals surface area contributed by atoms with Crippen LogP contribution in [0.25, 0.3) is 10.8 Å². The van der Waals surface area contributed by atoms with E-state index < -0.39 is 12.2 Å². The van der Waals surface area contributed by atoms with Gasteiger partial charge in [0.2, 0.25) is 0 Å². The summed E-state index contributed by atoms with van der Waals surface area (Å²) in [5.74, 6) is 0.106. The molecular formula is C16H17F3N2O. The maximum absolute atomic E-state index is 13.6. The lowest BCUT2D eigenvalue weighted by Crippen LogP contribution is -2.49. The molecule has 3 nitrogen and oxygen atoms in total. The number of hydrogen-bond acceptors (Lipinski definition) is 3. The molecule has 6 heteroatoms. The Bertz CT molecular complexity index is 666. The third-order valence-electron chi connectivity index (χ3n) is 3.99. The van der Waals surface area contributed by atoms with Crippen LogP contribution < -0.4 is 5.32 Å². The predicted octanol–water partition coefficient (Wildman–Crippen LogP) is 3.05. The van der Waals surface area contributed by atoms with Gasteiger partial charge in [0.05, 0.1) is 0 Å². The number of hydrogen-bond donors (Lipinski definition) is 2. The minimum atomic E-state index is -4.32. The average Bonchev–Trinajstić information content (AvgIpc) is 2.47. The Morgan fingerprint density at radius 3 is 2.32 bits per heavy atom. The van der Waals surface area contributed by atoms with E-state index in [1.165, 1.54) is 17.0 Å². The van der Waals surface area contributed by atoms with Crippen molar-refractivity contribution >= 4 is 10.8 Å². The fraction of sp³-hybridized carbons (Fsp3) is 0.375. The van der Waals surface area contributed by atoms with Gasteiger partial charge in [0.25, 0.3) is 0 Å². The number of nitrogens with one attached hydrogen (secondary N) is 1. The van der Waals surface area contributed by atoms with Gasteiger partial charge in [-0.2, -0.15) is 13.2 Å². The molecular weight excluding hydrogens is 293 g/mol. The molecule has 1 saturated heterocycles. The van der Waals surface area contributed by atoms with Gasteiger partial charge in [0.15, 0.2) is 0 Å². The second kappa shape index (κ2) is 5.78. The summed E-state index contributed by atoms with van der Waals surface area (Å²) < 4.78 is 40.7. The van der Waals surface area contributed by atoms with E-state index in [1.54, 1.807) is 24.3 Å². The van der Waals surface area contributed by atoms with Crippen molar-refractivity contribution in [1.29, 1.82) is 0 Å². The maximum atomic E-state index is 13.6. The highest BCUT2D eigenvalue weighted by atomic mass is 19.4. The summed E-state index contributed by atoms with van der Waals surface area (Å²) in [4.78, 5) is 1.47. The summed E-state index contributed by atoms with van der Waals surface area (Å²) in [6.45, 7) is 1.87. The minimum Gasteiger partial charge on any atom is -0.508 e. The maximum Gasteiger partial charge on any atom is 0.408 e. The summed E-state index contributed by atoms with van der Waals surface area (Å²) in [6, 6.07) is 7.78. The standard InChI is InChI=1S/C16H17F3N2O/c17-16(18,19)15(21-7-5-20-6-8-21)13-2-1-12-10-14(22)4-3-11(12)9-13/h1-4,9-10,15,20,22H,5-8H2/t15-/m0/s1.